The van der Waals surface area contributed by atoms with Crippen molar-refractivity contribution in [2.45, 2.75) is 11.3 Å². The van der Waals surface area contributed by atoms with Gasteiger partial charge in [-0.3, -0.25) is 0 Å². The largest absolute Gasteiger partial charge is 0.303 e. The SMILES string of the molecule is CSc1ccccc1C=CCC=O. The maximum absolute atomic E-state index is 10.1. The van der Waals surface area contributed by atoms with Gasteiger partial charge in [0.2, 0.25) is 0 Å². The van der Waals surface area contributed by atoms with Crippen molar-refractivity contribution in [1.29, 1.82) is 0 Å². The van der Waals surface area contributed by atoms with Crippen LogP contribution in [0.4, 0.5) is 0 Å². The van der Waals surface area contributed by atoms with E-state index in [4.69, 9.17) is 0 Å². The molecule has 0 radical (unpaired) electrons. The monoisotopic (exact) mass is 192 g/mol. The van der Waals surface area contributed by atoms with Crippen LogP contribution in [0.25, 0.3) is 6.08 Å². The van der Waals surface area contributed by atoms with Gasteiger partial charge in [-0.1, -0.05) is 30.4 Å². The summed E-state index contributed by atoms with van der Waals surface area (Å²) in [5, 5.41) is 0. The van der Waals surface area contributed by atoms with Gasteiger partial charge in [0.1, 0.15) is 6.29 Å². The Kier molecular flexibility index (Phi) is 4.33. The van der Waals surface area contributed by atoms with E-state index in [0.717, 1.165) is 6.29 Å². The fourth-order valence-electron chi connectivity index (χ4n) is 1.05. The Morgan fingerprint density at radius 2 is 2.15 bits per heavy atom. The van der Waals surface area contributed by atoms with Crippen molar-refractivity contribution in [2.75, 3.05) is 6.26 Å². The van der Waals surface area contributed by atoms with Crippen LogP contribution in [-0.2, 0) is 4.79 Å². The Labute approximate surface area is 82.9 Å². The Morgan fingerprint density at radius 3 is 2.85 bits per heavy atom. The first-order valence-electron chi connectivity index (χ1n) is 4.11. The summed E-state index contributed by atoms with van der Waals surface area (Å²) in [6.07, 6.45) is 7.30. The number of benzene rings is 1. The second kappa shape index (κ2) is 5.60. The molecule has 1 nitrogen and oxygen atoms in total. The highest BCUT2D eigenvalue weighted by atomic mass is 32.2. The van der Waals surface area contributed by atoms with Crippen LogP contribution in [0.15, 0.2) is 35.2 Å². The Morgan fingerprint density at radius 1 is 1.38 bits per heavy atom. The van der Waals surface area contributed by atoms with Gasteiger partial charge in [-0.2, -0.15) is 0 Å². The fraction of sp³-hybridized carbons (Fsp3) is 0.182. The first kappa shape index (κ1) is 10.1. The zero-order valence-corrected chi connectivity index (χ0v) is 8.38. The first-order chi connectivity index (χ1) is 6.38. The molecule has 13 heavy (non-hydrogen) atoms. The third-order valence-corrected chi connectivity index (χ3v) is 2.48. The third-order valence-electron chi connectivity index (χ3n) is 1.67. The van der Waals surface area contributed by atoms with Crippen molar-refractivity contribution >= 4 is 24.1 Å². The lowest BCUT2D eigenvalue weighted by Crippen LogP contribution is -1.77. The molecule has 0 aliphatic rings. The smallest absolute Gasteiger partial charge is 0.123 e. The molecule has 0 aliphatic heterocycles. The molecule has 0 fully saturated rings. The maximum atomic E-state index is 10.1. The van der Waals surface area contributed by atoms with E-state index in [9.17, 15) is 4.79 Å². The number of allylic oxidation sites excluding steroid dienone is 1. The zero-order chi connectivity index (χ0) is 9.52. The average molecular weight is 192 g/mol. The highest BCUT2D eigenvalue weighted by Gasteiger charge is 1.94. The standard InChI is InChI=1S/C11H12OS/c1-13-11-8-3-2-6-10(11)7-4-5-9-12/h2-4,6-9H,5H2,1H3. The van der Waals surface area contributed by atoms with Gasteiger partial charge in [0.15, 0.2) is 0 Å². The second-order valence-electron chi connectivity index (χ2n) is 2.55. The van der Waals surface area contributed by atoms with Gasteiger partial charge in [0.05, 0.1) is 0 Å². The van der Waals surface area contributed by atoms with E-state index < -0.39 is 0 Å². The van der Waals surface area contributed by atoms with Crippen LogP contribution in [-0.4, -0.2) is 12.5 Å². The van der Waals surface area contributed by atoms with Gasteiger partial charge in [-0.15, -0.1) is 11.8 Å². The van der Waals surface area contributed by atoms with Crippen LogP contribution in [0, 0.1) is 0 Å². The van der Waals surface area contributed by atoms with Gasteiger partial charge in [0.25, 0.3) is 0 Å². The van der Waals surface area contributed by atoms with E-state index in [1.54, 1.807) is 11.8 Å². The fourth-order valence-corrected chi connectivity index (χ4v) is 1.64. The van der Waals surface area contributed by atoms with Crippen LogP contribution < -0.4 is 0 Å². The highest BCUT2D eigenvalue weighted by molar-refractivity contribution is 7.98. The molecule has 2 heteroatoms. The topological polar surface area (TPSA) is 17.1 Å². The summed E-state index contributed by atoms with van der Waals surface area (Å²) in [6, 6.07) is 8.14. The number of aldehydes is 1. The number of carbonyl (C=O) groups excluding carboxylic acids is 1. The molecule has 0 heterocycles. The van der Waals surface area contributed by atoms with Crippen LogP contribution >= 0.6 is 11.8 Å². The number of hydrogen-bond acceptors (Lipinski definition) is 2. The van der Waals surface area contributed by atoms with Gasteiger partial charge in [-0.05, 0) is 17.9 Å². The molecular weight excluding hydrogens is 180 g/mol. The summed E-state index contributed by atoms with van der Waals surface area (Å²) in [5.41, 5.74) is 1.18. The molecule has 0 saturated carbocycles. The molecular formula is C11H12OS. The molecule has 1 aromatic rings. The van der Waals surface area contributed by atoms with Crippen molar-refractivity contribution < 1.29 is 4.79 Å². The summed E-state index contributed by atoms with van der Waals surface area (Å²) in [4.78, 5) is 11.3. The molecule has 0 aliphatic carbocycles. The van der Waals surface area contributed by atoms with Gasteiger partial charge >= 0.3 is 0 Å². The maximum Gasteiger partial charge on any atom is 0.123 e. The molecule has 0 unspecified atom stereocenters. The van der Waals surface area contributed by atoms with E-state index >= 15 is 0 Å². The van der Waals surface area contributed by atoms with Gasteiger partial charge < -0.3 is 4.79 Å². The van der Waals surface area contributed by atoms with Crippen molar-refractivity contribution in [3.8, 4) is 0 Å². The molecule has 68 valence electrons. The summed E-state index contributed by atoms with van der Waals surface area (Å²) in [6.45, 7) is 0. The molecule has 0 amide bonds. The predicted octanol–water partition coefficient (Wildman–Crippen LogP) is 3.01. The number of hydrogen-bond donors (Lipinski definition) is 0. The second-order valence-corrected chi connectivity index (χ2v) is 3.39. The van der Waals surface area contributed by atoms with Crippen molar-refractivity contribution in [3.63, 3.8) is 0 Å². The molecule has 0 spiro atoms. The Bertz CT molecular complexity index is 305. The summed E-state index contributed by atoms with van der Waals surface area (Å²) in [5.74, 6) is 0. The third kappa shape index (κ3) is 3.07. The normalized spacial score (nSPS) is 10.5. The summed E-state index contributed by atoms with van der Waals surface area (Å²) < 4.78 is 0. The summed E-state index contributed by atoms with van der Waals surface area (Å²) >= 11 is 1.71. The lowest BCUT2D eigenvalue weighted by atomic mass is 10.2. The van der Waals surface area contributed by atoms with Gasteiger partial charge in [-0.25, -0.2) is 0 Å². The lowest BCUT2D eigenvalue weighted by molar-refractivity contribution is -0.107. The van der Waals surface area contributed by atoms with E-state index in [0.29, 0.717) is 6.42 Å². The van der Waals surface area contributed by atoms with Crippen LogP contribution in [0.1, 0.15) is 12.0 Å². The van der Waals surface area contributed by atoms with Crippen LogP contribution in [0.2, 0.25) is 0 Å². The van der Waals surface area contributed by atoms with Crippen molar-refractivity contribution in [3.05, 3.63) is 35.9 Å². The van der Waals surface area contributed by atoms with E-state index in [1.807, 2.05) is 36.6 Å². The molecule has 0 bridgehead atoms. The molecule has 1 rings (SSSR count). The first-order valence-corrected chi connectivity index (χ1v) is 5.34. The minimum absolute atomic E-state index is 0.489. The average Bonchev–Trinajstić information content (AvgIpc) is 2.19. The molecule has 0 atom stereocenters. The Balaban J connectivity index is 2.80. The van der Waals surface area contributed by atoms with Crippen LogP contribution in [0.3, 0.4) is 0 Å². The minimum Gasteiger partial charge on any atom is -0.303 e. The van der Waals surface area contributed by atoms with Gasteiger partial charge in [0, 0.05) is 11.3 Å². The number of carbonyl (C=O) groups is 1. The molecule has 0 aromatic heterocycles. The number of thioether (sulfide) groups is 1. The Hall–Kier alpha value is -1.02. The van der Waals surface area contributed by atoms with Crippen molar-refractivity contribution in [2.24, 2.45) is 0 Å². The van der Waals surface area contributed by atoms with Crippen LogP contribution in [0.5, 0.6) is 0 Å². The molecule has 1 aromatic carbocycles. The highest BCUT2D eigenvalue weighted by Crippen LogP contribution is 2.20. The lowest BCUT2D eigenvalue weighted by Gasteiger charge is -2.00. The number of rotatable bonds is 4. The van der Waals surface area contributed by atoms with Crippen molar-refractivity contribution in [1.82, 2.24) is 0 Å². The molecule has 0 saturated heterocycles. The minimum atomic E-state index is 0.489. The van der Waals surface area contributed by atoms with E-state index in [-0.39, 0.29) is 0 Å². The zero-order valence-electron chi connectivity index (χ0n) is 7.57. The van der Waals surface area contributed by atoms with E-state index in [2.05, 4.69) is 6.07 Å². The predicted molar refractivity (Wildman–Crippen MR) is 57.9 cm³/mol. The molecule has 0 N–H and O–H groups in total. The summed E-state index contributed by atoms with van der Waals surface area (Å²) in [7, 11) is 0. The van der Waals surface area contributed by atoms with E-state index in [1.165, 1.54) is 10.5 Å². The quantitative estimate of drug-likeness (QED) is 0.539.